The molecule has 18 heavy (non-hydrogen) atoms. The highest BCUT2D eigenvalue weighted by atomic mass is 32.1. The Hall–Kier alpha value is -0.870. The van der Waals surface area contributed by atoms with Crippen LogP contribution >= 0.6 is 11.3 Å². The van der Waals surface area contributed by atoms with Gasteiger partial charge in [0.15, 0.2) is 0 Å². The summed E-state index contributed by atoms with van der Waals surface area (Å²) in [6, 6.07) is 2.05. The number of thiophene rings is 1. The van der Waals surface area contributed by atoms with Crippen LogP contribution in [-0.2, 0) is 11.2 Å². The van der Waals surface area contributed by atoms with Crippen LogP contribution in [0.25, 0.3) is 0 Å². The van der Waals surface area contributed by atoms with Crippen LogP contribution in [-0.4, -0.2) is 28.6 Å². The highest BCUT2D eigenvalue weighted by Gasteiger charge is 2.40. The van der Waals surface area contributed by atoms with Crippen LogP contribution in [0.5, 0.6) is 0 Å². The van der Waals surface area contributed by atoms with Crippen molar-refractivity contribution in [2.24, 2.45) is 5.92 Å². The van der Waals surface area contributed by atoms with Crippen molar-refractivity contribution in [2.45, 2.75) is 44.7 Å². The molecule has 4 heteroatoms. The molecule has 1 aliphatic heterocycles. The van der Waals surface area contributed by atoms with Gasteiger partial charge in [-0.1, -0.05) is 13.3 Å². The molecule has 0 spiro atoms. The summed E-state index contributed by atoms with van der Waals surface area (Å²) in [5.41, 5.74) is 1.04. The number of rotatable bonds is 2. The van der Waals surface area contributed by atoms with Crippen LogP contribution < -0.4 is 0 Å². The van der Waals surface area contributed by atoms with Gasteiger partial charge in [-0.15, -0.1) is 11.3 Å². The predicted molar refractivity (Wildman–Crippen MR) is 71.9 cm³/mol. The lowest BCUT2D eigenvalue weighted by atomic mass is 9.94. The summed E-state index contributed by atoms with van der Waals surface area (Å²) in [4.78, 5) is 15.2. The molecule has 2 heterocycles. The lowest BCUT2D eigenvalue weighted by Gasteiger charge is -2.39. The van der Waals surface area contributed by atoms with Crippen molar-refractivity contribution in [1.29, 1.82) is 0 Å². The van der Waals surface area contributed by atoms with E-state index in [1.165, 1.54) is 17.7 Å². The fourth-order valence-corrected chi connectivity index (χ4v) is 4.49. The third-order valence-corrected chi connectivity index (χ3v) is 5.48. The monoisotopic (exact) mass is 265 g/mol. The number of carboxylic acids is 1. The van der Waals surface area contributed by atoms with E-state index in [1.807, 2.05) is 11.4 Å². The van der Waals surface area contributed by atoms with E-state index >= 15 is 0 Å². The Kier molecular flexibility index (Phi) is 3.16. The Morgan fingerprint density at radius 1 is 1.50 bits per heavy atom. The molecule has 2 aliphatic rings. The van der Waals surface area contributed by atoms with E-state index in [4.69, 9.17) is 0 Å². The van der Waals surface area contributed by atoms with Crippen LogP contribution in [0.3, 0.4) is 0 Å². The molecular formula is C14H19NO2S. The Balaban J connectivity index is 1.93. The average Bonchev–Trinajstić information content (AvgIpc) is 2.95. The molecule has 1 saturated carbocycles. The highest BCUT2D eigenvalue weighted by molar-refractivity contribution is 7.10. The summed E-state index contributed by atoms with van der Waals surface area (Å²) in [6.07, 6.45) is 4.65. The van der Waals surface area contributed by atoms with Crippen molar-refractivity contribution in [3.8, 4) is 0 Å². The van der Waals surface area contributed by atoms with Gasteiger partial charge in [0.2, 0.25) is 0 Å². The molecule has 1 aromatic heterocycles. The summed E-state index contributed by atoms with van der Waals surface area (Å²) in [5, 5.41) is 11.6. The number of nitrogens with zero attached hydrogens (tertiary/aromatic N) is 1. The molecule has 3 unspecified atom stereocenters. The fourth-order valence-electron chi connectivity index (χ4n) is 3.59. The molecule has 1 aromatic rings. The molecule has 3 rings (SSSR count). The van der Waals surface area contributed by atoms with E-state index in [1.54, 1.807) is 11.3 Å². The summed E-state index contributed by atoms with van der Waals surface area (Å²) >= 11 is 1.70. The third-order valence-electron chi connectivity index (χ3n) is 4.48. The van der Waals surface area contributed by atoms with E-state index in [9.17, 15) is 9.90 Å². The standard InChI is InChI=1S/C14H19NO2S/c1-9-3-2-4-11(9)15-7-5-12-10(6-8-18-12)13(15)14(16)17/h6,8-9,11,13H,2-5,7H2,1H3,(H,16,17). The van der Waals surface area contributed by atoms with Gasteiger partial charge in [-0.2, -0.15) is 0 Å². The molecule has 1 aliphatic carbocycles. The second kappa shape index (κ2) is 4.67. The fraction of sp³-hybridized carbons (Fsp3) is 0.643. The molecule has 0 saturated heterocycles. The zero-order valence-corrected chi connectivity index (χ0v) is 11.4. The quantitative estimate of drug-likeness (QED) is 0.894. The third kappa shape index (κ3) is 1.88. The first-order chi connectivity index (χ1) is 8.68. The van der Waals surface area contributed by atoms with Crippen molar-refractivity contribution >= 4 is 17.3 Å². The van der Waals surface area contributed by atoms with Gasteiger partial charge in [0, 0.05) is 17.5 Å². The normalized spacial score (nSPS) is 32.4. The van der Waals surface area contributed by atoms with Gasteiger partial charge in [0.05, 0.1) is 0 Å². The number of carboxylic acid groups (broad SMARTS) is 1. The zero-order valence-electron chi connectivity index (χ0n) is 10.6. The van der Waals surface area contributed by atoms with Gasteiger partial charge in [0.1, 0.15) is 6.04 Å². The molecule has 0 aromatic carbocycles. The summed E-state index contributed by atoms with van der Waals surface area (Å²) in [7, 11) is 0. The Labute approximate surface area is 111 Å². The lowest BCUT2D eigenvalue weighted by Crippen LogP contribution is -2.46. The molecular weight excluding hydrogens is 246 g/mol. The number of hydrogen-bond acceptors (Lipinski definition) is 3. The average molecular weight is 265 g/mol. The van der Waals surface area contributed by atoms with E-state index in [0.29, 0.717) is 12.0 Å². The molecule has 3 nitrogen and oxygen atoms in total. The van der Waals surface area contributed by atoms with Gasteiger partial charge < -0.3 is 5.11 Å². The van der Waals surface area contributed by atoms with Crippen LogP contribution in [0, 0.1) is 5.92 Å². The van der Waals surface area contributed by atoms with E-state index in [0.717, 1.165) is 24.9 Å². The second-order valence-corrected chi connectivity index (χ2v) is 6.50. The highest BCUT2D eigenvalue weighted by Crippen LogP contribution is 2.40. The minimum atomic E-state index is -0.687. The predicted octanol–water partition coefficient (Wildman–Crippen LogP) is 2.92. The van der Waals surface area contributed by atoms with Crippen LogP contribution in [0.4, 0.5) is 0 Å². The SMILES string of the molecule is CC1CCCC1N1CCc2sccc2C1C(=O)O. The minimum Gasteiger partial charge on any atom is -0.480 e. The van der Waals surface area contributed by atoms with Crippen LogP contribution in [0.1, 0.15) is 42.7 Å². The molecule has 0 bridgehead atoms. The van der Waals surface area contributed by atoms with Crippen molar-refractivity contribution in [3.05, 3.63) is 21.9 Å². The first-order valence-electron chi connectivity index (χ1n) is 6.73. The molecule has 1 N–H and O–H groups in total. The topological polar surface area (TPSA) is 40.5 Å². The minimum absolute atomic E-state index is 0.412. The van der Waals surface area contributed by atoms with Crippen molar-refractivity contribution in [3.63, 3.8) is 0 Å². The smallest absolute Gasteiger partial charge is 0.325 e. The molecule has 0 radical (unpaired) electrons. The lowest BCUT2D eigenvalue weighted by molar-refractivity contribution is -0.145. The van der Waals surface area contributed by atoms with Gasteiger partial charge in [-0.05, 0) is 42.2 Å². The largest absolute Gasteiger partial charge is 0.480 e. The maximum absolute atomic E-state index is 11.7. The van der Waals surface area contributed by atoms with Gasteiger partial charge in [-0.25, -0.2) is 0 Å². The number of aliphatic carboxylic acids is 1. The van der Waals surface area contributed by atoms with Gasteiger partial charge >= 0.3 is 5.97 Å². The summed E-state index contributed by atoms with van der Waals surface area (Å²) < 4.78 is 0. The number of carbonyl (C=O) groups is 1. The van der Waals surface area contributed by atoms with E-state index in [2.05, 4.69) is 11.8 Å². The first-order valence-corrected chi connectivity index (χ1v) is 7.61. The van der Waals surface area contributed by atoms with Crippen molar-refractivity contribution < 1.29 is 9.90 Å². The number of fused-ring (bicyclic) bond motifs is 1. The maximum atomic E-state index is 11.7. The second-order valence-electron chi connectivity index (χ2n) is 5.50. The van der Waals surface area contributed by atoms with Gasteiger partial charge in [0.25, 0.3) is 0 Å². The molecule has 0 amide bonds. The summed E-state index contributed by atoms with van der Waals surface area (Å²) in [6.45, 7) is 3.17. The first kappa shape index (κ1) is 12.2. The number of hydrogen-bond donors (Lipinski definition) is 1. The van der Waals surface area contributed by atoms with Crippen molar-refractivity contribution in [1.82, 2.24) is 4.90 Å². The molecule has 3 atom stereocenters. The van der Waals surface area contributed by atoms with Gasteiger partial charge in [-0.3, -0.25) is 9.69 Å². The Morgan fingerprint density at radius 2 is 2.33 bits per heavy atom. The van der Waals surface area contributed by atoms with E-state index in [-0.39, 0.29) is 0 Å². The van der Waals surface area contributed by atoms with Crippen molar-refractivity contribution in [2.75, 3.05) is 6.54 Å². The molecule has 1 fully saturated rings. The van der Waals surface area contributed by atoms with E-state index < -0.39 is 12.0 Å². The summed E-state index contributed by atoms with van der Waals surface area (Å²) in [5.74, 6) is -0.0551. The zero-order chi connectivity index (χ0) is 12.7. The Bertz CT molecular complexity index is 456. The van der Waals surface area contributed by atoms with Crippen LogP contribution in [0.2, 0.25) is 0 Å². The maximum Gasteiger partial charge on any atom is 0.325 e. The Morgan fingerprint density at radius 3 is 3.00 bits per heavy atom. The molecule has 98 valence electrons. The van der Waals surface area contributed by atoms with Crippen LogP contribution in [0.15, 0.2) is 11.4 Å².